The van der Waals surface area contributed by atoms with Crippen molar-refractivity contribution in [3.8, 4) is 11.3 Å². The molecule has 1 N–H and O–H groups in total. The second-order valence-corrected chi connectivity index (χ2v) is 9.19. The van der Waals surface area contributed by atoms with E-state index in [4.69, 9.17) is 39.8 Å². The zero-order valence-electron chi connectivity index (χ0n) is 18.0. The number of nitrogens with zero attached hydrogens (tertiary/aromatic N) is 2. The standard InChI is InChI=1S/C25H29Cl3N2O/c1-3-5-11-30(12-6-4-2)16-24(31)20-15-23(17-7-9-18(26)10-8-17)29-25-21(20)13-19(27)14-22(25)28/h7-10,13-15,24,31H,3-6,11-12,16H2,1-2H3/t24-/m0/s1. The lowest BCUT2D eigenvalue weighted by Crippen LogP contribution is -2.31. The van der Waals surface area contributed by atoms with Gasteiger partial charge in [-0.15, -0.1) is 0 Å². The van der Waals surface area contributed by atoms with Gasteiger partial charge >= 0.3 is 0 Å². The van der Waals surface area contributed by atoms with Gasteiger partial charge in [0, 0.05) is 27.5 Å². The third kappa shape index (κ3) is 6.34. The molecule has 0 fully saturated rings. The highest BCUT2D eigenvalue weighted by Crippen LogP contribution is 2.35. The number of benzene rings is 2. The third-order valence-corrected chi connectivity index (χ3v) is 6.21. The molecule has 0 amide bonds. The normalized spacial score (nSPS) is 12.6. The molecule has 6 heteroatoms. The highest BCUT2D eigenvalue weighted by molar-refractivity contribution is 6.38. The van der Waals surface area contributed by atoms with Gasteiger partial charge in [0.15, 0.2) is 0 Å². The van der Waals surface area contributed by atoms with Gasteiger partial charge in [-0.3, -0.25) is 0 Å². The summed E-state index contributed by atoms with van der Waals surface area (Å²) in [6.45, 7) is 6.88. The second-order valence-electron chi connectivity index (χ2n) is 7.91. The number of fused-ring (bicyclic) bond motifs is 1. The Morgan fingerprint density at radius 2 is 1.55 bits per heavy atom. The molecule has 0 aliphatic heterocycles. The van der Waals surface area contributed by atoms with E-state index in [-0.39, 0.29) is 0 Å². The zero-order chi connectivity index (χ0) is 22.4. The number of rotatable bonds is 10. The molecular weight excluding hydrogens is 451 g/mol. The van der Waals surface area contributed by atoms with Gasteiger partial charge in [0.2, 0.25) is 0 Å². The predicted octanol–water partition coefficient (Wildman–Crippen LogP) is 7.80. The SMILES string of the molecule is CCCCN(CCCC)C[C@H](O)c1cc(-c2ccc(Cl)cc2)nc2c(Cl)cc(Cl)cc12. The van der Waals surface area contributed by atoms with E-state index in [0.717, 1.165) is 61.0 Å². The van der Waals surface area contributed by atoms with E-state index in [1.165, 1.54) is 0 Å². The molecule has 166 valence electrons. The minimum atomic E-state index is -0.681. The van der Waals surface area contributed by atoms with Crippen LogP contribution in [0.5, 0.6) is 0 Å². The van der Waals surface area contributed by atoms with Crippen molar-refractivity contribution >= 4 is 45.7 Å². The van der Waals surface area contributed by atoms with E-state index in [9.17, 15) is 5.11 Å². The molecule has 3 rings (SSSR count). The fourth-order valence-corrected chi connectivity index (χ4v) is 4.38. The summed E-state index contributed by atoms with van der Waals surface area (Å²) in [5.74, 6) is 0. The molecule has 0 bridgehead atoms. The number of hydrogen-bond acceptors (Lipinski definition) is 3. The van der Waals surface area contributed by atoms with Crippen LogP contribution in [0.1, 0.15) is 51.2 Å². The average molecular weight is 480 g/mol. The number of hydrogen-bond donors (Lipinski definition) is 1. The van der Waals surface area contributed by atoms with Crippen LogP contribution in [0, 0.1) is 0 Å². The molecule has 1 atom stereocenters. The first-order valence-electron chi connectivity index (χ1n) is 10.9. The van der Waals surface area contributed by atoms with Crippen molar-refractivity contribution in [3.05, 3.63) is 63.1 Å². The van der Waals surface area contributed by atoms with E-state index < -0.39 is 6.10 Å². The summed E-state index contributed by atoms with van der Waals surface area (Å²) in [6.07, 6.45) is 3.80. The van der Waals surface area contributed by atoms with Crippen molar-refractivity contribution in [2.45, 2.75) is 45.6 Å². The van der Waals surface area contributed by atoms with Crippen LogP contribution in [0.25, 0.3) is 22.2 Å². The van der Waals surface area contributed by atoms with Gasteiger partial charge < -0.3 is 10.0 Å². The summed E-state index contributed by atoms with van der Waals surface area (Å²) in [4.78, 5) is 7.12. The van der Waals surface area contributed by atoms with Crippen molar-refractivity contribution in [1.29, 1.82) is 0 Å². The van der Waals surface area contributed by atoms with E-state index >= 15 is 0 Å². The minimum absolute atomic E-state index is 0.473. The van der Waals surface area contributed by atoms with Gasteiger partial charge in [-0.2, -0.15) is 0 Å². The van der Waals surface area contributed by atoms with Crippen LogP contribution < -0.4 is 0 Å². The van der Waals surface area contributed by atoms with Crippen LogP contribution in [0.3, 0.4) is 0 Å². The average Bonchev–Trinajstić information content (AvgIpc) is 2.75. The van der Waals surface area contributed by atoms with E-state index in [1.807, 2.05) is 36.4 Å². The van der Waals surface area contributed by atoms with Crippen molar-refractivity contribution in [2.75, 3.05) is 19.6 Å². The molecule has 0 radical (unpaired) electrons. The van der Waals surface area contributed by atoms with Gasteiger partial charge in [0.05, 0.1) is 22.3 Å². The number of halogens is 3. The Labute approximate surface area is 200 Å². The summed E-state index contributed by atoms with van der Waals surface area (Å²) in [5, 5.41) is 13.8. The van der Waals surface area contributed by atoms with E-state index in [0.29, 0.717) is 27.1 Å². The minimum Gasteiger partial charge on any atom is -0.387 e. The molecule has 1 heterocycles. The van der Waals surface area contributed by atoms with Crippen LogP contribution in [0.15, 0.2) is 42.5 Å². The van der Waals surface area contributed by atoms with Crippen LogP contribution in [-0.4, -0.2) is 34.6 Å². The number of aliphatic hydroxyl groups excluding tert-OH is 1. The van der Waals surface area contributed by atoms with Gasteiger partial charge in [0.25, 0.3) is 0 Å². The lowest BCUT2D eigenvalue weighted by Gasteiger charge is -2.26. The third-order valence-electron chi connectivity index (χ3n) is 5.45. The summed E-state index contributed by atoms with van der Waals surface area (Å²) in [6, 6.07) is 13.0. The maximum absolute atomic E-state index is 11.3. The first-order chi connectivity index (χ1) is 14.9. The Hall–Kier alpha value is -1.36. The maximum Gasteiger partial charge on any atom is 0.0924 e. The molecule has 1 aromatic heterocycles. The largest absolute Gasteiger partial charge is 0.387 e. The Kier molecular flexibility index (Phi) is 9.00. The second kappa shape index (κ2) is 11.5. The smallest absolute Gasteiger partial charge is 0.0924 e. The van der Waals surface area contributed by atoms with Crippen LogP contribution in [0.4, 0.5) is 0 Å². The zero-order valence-corrected chi connectivity index (χ0v) is 20.3. The highest BCUT2D eigenvalue weighted by atomic mass is 35.5. The maximum atomic E-state index is 11.3. The molecule has 0 aliphatic carbocycles. The van der Waals surface area contributed by atoms with E-state index in [1.54, 1.807) is 6.07 Å². The van der Waals surface area contributed by atoms with Gasteiger partial charge in [-0.25, -0.2) is 4.98 Å². The molecule has 2 aromatic carbocycles. The highest BCUT2D eigenvalue weighted by Gasteiger charge is 2.19. The number of aromatic nitrogens is 1. The quantitative estimate of drug-likeness (QED) is 0.322. The molecule has 31 heavy (non-hydrogen) atoms. The van der Waals surface area contributed by atoms with Crippen LogP contribution >= 0.6 is 34.8 Å². The molecule has 0 aliphatic rings. The van der Waals surface area contributed by atoms with Gasteiger partial charge in [-0.05, 0) is 61.8 Å². The van der Waals surface area contributed by atoms with Crippen molar-refractivity contribution < 1.29 is 5.11 Å². The number of aliphatic hydroxyl groups is 1. The molecule has 3 aromatic rings. The number of unbranched alkanes of at least 4 members (excludes halogenated alkanes) is 2. The van der Waals surface area contributed by atoms with E-state index in [2.05, 4.69) is 18.7 Å². The lowest BCUT2D eigenvalue weighted by molar-refractivity contribution is 0.112. The Bertz CT molecular complexity index is 1000. The van der Waals surface area contributed by atoms with Crippen molar-refractivity contribution in [2.24, 2.45) is 0 Å². The Morgan fingerprint density at radius 1 is 0.903 bits per heavy atom. The molecule has 0 saturated carbocycles. The number of pyridine rings is 1. The summed E-state index contributed by atoms with van der Waals surface area (Å²) in [7, 11) is 0. The monoisotopic (exact) mass is 478 g/mol. The van der Waals surface area contributed by atoms with Crippen molar-refractivity contribution in [3.63, 3.8) is 0 Å². The lowest BCUT2D eigenvalue weighted by atomic mass is 9.99. The molecule has 0 unspecified atom stereocenters. The predicted molar refractivity (Wildman–Crippen MR) is 133 cm³/mol. The molecular formula is C25H29Cl3N2O. The summed E-state index contributed by atoms with van der Waals surface area (Å²) < 4.78 is 0. The first-order valence-corrected chi connectivity index (χ1v) is 12.0. The van der Waals surface area contributed by atoms with Crippen LogP contribution in [0.2, 0.25) is 15.1 Å². The Balaban J connectivity index is 2.04. The Morgan fingerprint density at radius 3 is 2.16 bits per heavy atom. The molecule has 0 spiro atoms. The molecule has 0 saturated heterocycles. The summed E-state index contributed by atoms with van der Waals surface area (Å²) in [5.41, 5.74) is 3.09. The first kappa shape index (κ1) is 24.3. The fraction of sp³-hybridized carbons (Fsp3) is 0.400. The molecule has 3 nitrogen and oxygen atoms in total. The topological polar surface area (TPSA) is 36.4 Å². The van der Waals surface area contributed by atoms with Gasteiger partial charge in [-0.1, -0.05) is 73.6 Å². The fourth-order valence-electron chi connectivity index (χ4n) is 3.72. The summed E-state index contributed by atoms with van der Waals surface area (Å²) >= 11 is 18.9. The van der Waals surface area contributed by atoms with Crippen LogP contribution in [-0.2, 0) is 0 Å². The van der Waals surface area contributed by atoms with Gasteiger partial charge in [0.1, 0.15) is 0 Å². The van der Waals surface area contributed by atoms with Crippen molar-refractivity contribution in [1.82, 2.24) is 9.88 Å².